The van der Waals surface area contributed by atoms with Gasteiger partial charge in [0.15, 0.2) is 0 Å². The predicted molar refractivity (Wildman–Crippen MR) is 91.9 cm³/mol. The van der Waals surface area contributed by atoms with Gasteiger partial charge in [0.2, 0.25) is 5.91 Å². The summed E-state index contributed by atoms with van der Waals surface area (Å²) in [6.07, 6.45) is 0. The molecule has 1 heterocycles. The van der Waals surface area contributed by atoms with Gasteiger partial charge in [-0.2, -0.15) is 0 Å². The van der Waals surface area contributed by atoms with Crippen molar-refractivity contribution in [3.63, 3.8) is 0 Å². The molecule has 1 aliphatic heterocycles. The highest BCUT2D eigenvalue weighted by atomic mass is 79.9. The number of nitrogens with zero attached hydrogens (tertiary/aromatic N) is 1. The van der Waals surface area contributed by atoms with Crippen LogP contribution in [0.4, 0.5) is 11.4 Å². The van der Waals surface area contributed by atoms with Crippen LogP contribution in [0.5, 0.6) is 0 Å². The number of carbonyl (C=O) groups excluding carboxylic acids is 1. The molecule has 0 radical (unpaired) electrons. The minimum absolute atomic E-state index is 0.0236. The van der Waals surface area contributed by atoms with Crippen molar-refractivity contribution in [1.29, 1.82) is 0 Å². The lowest BCUT2D eigenvalue weighted by Crippen LogP contribution is -2.33. The van der Waals surface area contributed by atoms with Crippen molar-refractivity contribution < 1.29 is 4.79 Å². The monoisotopic (exact) mass is 353 g/mol. The van der Waals surface area contributed by atoms with Crippen LogP contribution in [-0.4, -0.2) is 25.5 Å². The Morgan fingerprint density at radius 2 is 2.05 bits per heavy atom. The molecule has 0 bridgehead atoms. The zero-order valence-electron chi connectivity index (χ0n) is 13.3. The smallest absolute Gasteiger partial charge is 0.246 e. The quantitative estimate of drug-likeness (QED) is 0.850. The number of amides is 1. The first-order valence-corrected chi connectivity index (χ1v) is 8.26. The Labute approximate surface area is 135 Å². The van der Waals surface area contributed by atoms with Crippen molar-refractivity contribution in [2.24, 2.45) is 5.92 Å². The lowest BCUT2D eigenvalue weighted by molar-refractivity contribution is -0.117. The second-order valence-electron chi connectivity index (χ2n) is 5.97. The number of hydrogen-bond acceptors (Lipinski definition) is 3. The molecule has 0 fully saturated rings. The van der Waals surface area contributed by atoms with E-state index in [1.54, 1.807) is 0 Å². The van der Waals surface area contributed by atoms with E-state index in [9.17, 15) is 4.79 Å². The van der Waals surface area contributed by atoms with Crippen molar-refractivity contribution in [3.05, 3.63) is 22.2 Å². The van der Waals surface area contributed by atoms with Gasteiger partial charge in [0.05, 0.1) is 5.69 Å². The van der Waals surface area contributed by atoms with E-state index in [1.807, 2.05) is 6.92 Å². The van der Waals surface area contributed by atoms with Crippen LogP contribution in [0.1, 0.15) is 39.3 Å². The van der Waals surface area contributed by atoms with E-state index in [4.69, 9.17) is 0 Å². The molecule has 2 N–H and O–H groups in total. The molecule has 0 aromatic heterocycles. The maximum atomic E-state index is 12.1. The predicted octanol–water partition coefficient (Wildman–Crippen LogP) is 3.53. The lowest BCUT2D eigenvalue weighted by Gasteiger charge is -2.31. The first-order valence-electron chi connectivity index (χ1n) is 7.47. The van der Waals surface area contributed by atoms with E-state index in [0.717, 1.165) is 28.0 Å². The lowest BCUT2D eigenvalue weighted by atomic mass is 10.0. The first-order chi connectivity index (χ1) is 9.86. The summed E-state index contributed by atoms with van der Waals surface area (Å²) in [7, 11) is 2.09. The van der Waals surface area contributed by atoms with Crippen molar-refractivity contribution in [1.82, 2.24) is 5.32 Å². The van der Waals surface area contributed by atoms with E-state index in [0.29, 0.717) is 12.0 Å². The van der Waals surface area contributed by atoms with Crippen LogP contribution >= 0.6 is 15.9 Å². The molecule has 1 amide bonds. The molecule has 0 spiro atoms. The highest BCUT2D eigenvalue weighted by Gasteiger charge is 2.31. The Kier molecular flexibility index (Phi) is 4.94. The van der Waals surface area contributed by atoms with Crippen LogP contribution in [0.2, 0.25) is 0 Å². The Morgan fingerprint density at radius 3 is 2.62 bits per heavy atom. The van der Waals surface area contributed by atoms with Crippen LogP contribution in [0.15, 0.2) is 16.6 Å². The number of halogens is 1. The van der Waals surface area contributed by atoms with Crippen LogP contribution in [0.25, 0.3) is 0 Å². The molecule has 4 nitrogen and oxygen atoms in total. The maximum absolute atomic E-state index is 12.1. The van der Waals surface area contributed by atoms with E-state index < -0.39 is 0 Å². The number of rotatable bonds is 5. The summed E-state index contributed by atoms with van der Waals surface area (Å²) in [6, 6.07) is 4.29. The molecule has 116 valence electrons. The molecular formula is C16H24BrN3O. The fraction of sp³-hybridized carbons (Fsp3) is 0.562. The number of carbonyl (C=O) groups is 1. The van der Waals surface area contributed by atoms with Gasteiger partial charge in [0.25, 0.3) is 0 Å². The van der Waals surface area contributed by atoms with Gasteiger partial charge >= 0.3 is 0 Å². The summed E-state index contributed by atoms with van der Waals surface area (Å²) in [4.78, 5) is 14.3. The normalized spacial score (nSPS) is 18.6. The molecule has 0 aliphatic carbocycles. The molecule has 0 saturated carbocycles. The first kappa shape index (κ1) is 16.3. The molecule has 2 atom stereocenters. The van der Waals surface area contributed by atoms with Crippen molar-refractivity contribution in [2.45, 2.75) is 39.8 Å². The highest BCUT2D eigenvalue weighted by Crippen LogP contribution is 2.39. The van der Waals surface area contributed by atoms with Crippen molar-refractivity contribution in [3.8, 4) is 0 Å². The molecule has 21 heavy (non-hydrogen) atoms. The molecule has 1 aliphatic rings. The molecule has 5 heteroatoms. The van der Waals surface area contributed by atoms with Crippen LogP contribution in [-0.2, 0) is 4.79 Å². The largest absolute Gasteiger partial charge is 0.371 e. The molecule has 0 saturated heterocycles. The third-order valence-corrected chi connectivity index (χ3v) is 4.95. The summed E-state index contributed by atoms with van der Waals surface area (Å²) in [6.45, 7) is 9.41. The minimum Gasteiger partial charge on any atom is -0.371 e. The van der Waals surface area contributed by atoms with Gasteiger partial charge < -0.3 is 15.5 Å². The van der Waals surface area contributed by atoms with Crippen molar-refractivity contribution >= 4 is 33.2 Å². The molecule has 2 rings (SSSR count). The average Bonchev–Trinajstić information content (AvgIpc) is 2.72. The molecule has 1 aromatic carbocycles. The molecule has 1 aromatic rings. The number of hydrogen-bond donors (Lipinski definition) is 2. The number of fused-ring (bicyclic) bond motifs is 1. The zero-order valence-corrected chi connectivity index (χ0v) is 14.9. The second kappa shape index (κ2) is 6.36. The number of benzene rings is 1. The fourth-order valence-corrected chi connectivity index (χ4v) is 3.25. The summed E-state index contributed by atoms with van der Waals surface area (Å²) in [5.41, 5.74) is 3.03. The van der Waals surface area contributed by atoms with Gasteiger partial charge in [-0.05, 0) is 47.4 Å². The van der Waals surface area contributed by atoms with Gasteiger partial charge in [0, 0.05) is 28.8 Å². The summed E-state index contributed by atoms with van der Waals surface area (Å²) < 4.78 is 1.02. The van der Waals surface area contributed by atoms with Crippen LogP contribution in [0.3, 0.4) is 0 Å². The highest BCUT2D eigenvalue weighted by molar-refractivity contribution is 9.10. The van der Waals surface area contributed by atoms with Gasteiger partial charge in [0.1, 0.15) is 6.04 Å². The Morgan fingerprint density at radius 1 is 1.38 bits per heavy atom. The third kappa shape index (κ3) is 3.09. The van der Waals surface area contributed by atoms with Crippen LogP contribution < -0.4 is 15.5 Å². The third-order valence-electron chi connectivity index (χ3n) is 4.31. The van der Waals surface area contributed by atoms with Gasteiger partial charge in [-0.1, -0.05) is 20.8 Å². The van der Waals surface area contributed by atoms with Gasteiger partial charge in [-0.25, -0.2) is 0 Å². The van der Waals surface area contributed by atoms with E-state index in [-0.39, 0.29) is 11.9 Å². The Balaban J connectivity index is 2.37. The van der Waals surface area contributed by atoms with E-state index >= 15 is 0 Å². The SMILES string of the molecule is CCNC1C(=O)Nc2cc(N(C)C(C)C(C)C)c(Br)cc21. The summed E-state index contributed by atoms with van der Waals surface area (Å²) in [5.74, 6) is 0.578. The summed E-state index contributed by atoms with van der Waals surface area (Å²) in [5, 5.41) is 6.19. The zero-order chi connectivity index (χ0) is 15.7. The number of nitrogens with one attached hydrogen (secondary N) is 2. The minimum atomic E-state index is -0.247. The number of anilines is 2. The standard InChI is InChI=1S/C16H24BrN3O/c1-6-18-15-11-7-12(17)14(8-13(11)19-16(15)21)20(5)10(4)9(2)3/h7-10,15,18H,6H2,1-5H3,(H,19,21). The van der Waals surface area contributed by atoms with Gasteiger partial charge in [-0.3, -0.25) is 4.79 Å². The van der Waals surface area contributed by atoms with E-state index in [1.165, 1.54) is 0 Å². The Hall–Kier alpha value is -1.07. The average molecular weight is 354 g/mol. The van der Waals surface area contributed by atoms with E-state index in [2.05, 4.69) is 71.4 Å². The second-order valence-corrected chi connectivity index (χ2v) is 6.82. The number of likely N-dealkylation sites (N-methyl/N-ethyl adjacent to an activating group) is 1. The fourth-order valence-electron chi connectivity index (χ4n) is 2.61. The van der Waals surface area contributed by atoms with Crippen LogP contribution in [0, 0.1) is 5.92 Å². The molecule has 2 unspecified atom stereocenters. The molecular weight excluding hydrogens is 330 g/mol. The van der Waals surface area contributed by atoms with Gasteiger partial charge in [-0.15, -0.1) is 0 Å². The maximum Gasteiger partial charge on any atom is 0.246 e. The summed E-state index contributed by atoms with van der Waals surface area (Å²) >= 11 is 3.66. The Bertz CT molecular complexity index is 545. The van der Waals surface area contributed by atoms with Crippen molar-refractivity contribution in [2.75, 3.05) is 23.8 Å². The topological polar surface area (TPSA) is 44.4 Å².